The number of aliphatic hydroxyl groups excluding tert-OH is 1. The summed E-state index contributed by atoms with van der Waals surface area (Å²) in [6, 6.07) is 0. The molecule has 0 radical (unpaired) electrons. The quantitative estimate of drug-likeness (QED) is 0.273. The zero-order valence-corrected chi connectivity index (χ0v) is 5.89. The first-order valence-electron chi connectivity index (χ1n) is 2.88. The van der Waals surface area contributed by atoms with Gasteiger partial charge in [0, 0.05) is 11.3 Å². The summed E-state index contributed by atoms with van der Waals surface area (Å²) in [4.78, 5) is 23.1. The highest BCUT2D eigenvalue weighted by Gasteiger charge is 2.13. The summed E-state index contributed by atoms with van der Waals surface area (Å²) in [5.74, 6) is -2.04. The fraction of sp³-hybridized carbons (Fsp3) is 0.600. The molecule has 0 bridgehead atoms. The summed E-state index contributed by atoms with van der Waals surface area (Å²) in [5, 5.41) is 11.2. The SMILES string of the molecule is CC(O)CC(=O)C(=O)N=[N+]=[N-]. The minimum Gasteiger partial charge on any atom is -0.393 e. The molecule has 1 amide bonds. The third-order valence-corrected chi connectivity index (χ3v) is 0.855. The van der Waals surface area contributed by atoms with Crippen molar-refractivity contribution in [2.45, 2.75) is 19.4 Å². The van der Waals surface area contributed by atoms with Gasteiger partial charge in [-0.25, -0.2) is 0 Å². The van der Waals surface area contributed by atoms with Crippen LogP contribution in [0.15, 0.2) is 5.11 Å². The van der Waals surface area contributed by atoms with E-state index >= 15 is 0 Å². The van der Waals surface area contributed by atoms with Gasteiger partial charge in [0.05, 0.1) is 6.10 Å². The van der Waals surface area contributed by atoms with Crippen molar-refractivity contribution in [1.82, 2.24) is 0 Å². The number of hydrogen-bond donors (Lipinski definition) is 1. The second kappa shape index (κ2) is 4.43. The standard InChI is InChI=1S/C5H7N3O3/c1-3(9)2-4(10)5(11)7-8-6/h3,9H,2H2,1H3. The summed E-state index contributed by atoms with van der Waals surface area (Å²) < 4.78 is 0. The van der Waals surface area contributed by atoms with Gasteiger partial charge in [0.2, 0.25) is 5.78 Å². The predicted octanol–water partition coefficient (Wildman–Crippen LogP) is 0.163. The number of carbonyl (C=O) groups is 2. The van der Waals surface area contributed by atoms with Gasteiger partial charge in [-0.3, -0.25) is 9.59 Å². The molecule has 0 aliphatic heterocycles. The molecule has 0 spiro atoms. The first-order chi connectivity index (χ1) is 5.07. The maximum absolute atomic E-state index is 10.6. The Morgan fingerprint density at radius 2 is 2.27 bits per heavy atom. The van der Waals surface area contributed by atoms with Crippen LogP contribution in [0.5, 0.6) is 0 Å². The molecular formula is C5H7N3O3. The third kappa shape index (κ3) is 4.07. The van der Waals surface area contributed by atoms with E-state index in [-0.39, 0.29) is 6.42 Å². The zero-order valence-electron chi connectivity index (χ0n) is 5.89. The van der Waals surface area contributed by atoms with Crippen LogP contribution in [0.4, 0.5) is 0 Å². The molecule has 0 saturated heterocycles. The van der Waals surface area contributed by atoms with Crippen LogP contribution < -0.4 is 0 Å². The number of azide groups is 1. The van der Waals surface area contributed by atoms with E-state index in [2.05, 4.69) is 10.0 Å². The molecule has 11 heavy (non-hydrogen) atoms. The van der Waals surface area contributed by atoms with E-state index in [1.165, 1.54) is 6.92 Å². The first-order valence-corrected chi connectivity index (χ1v) is 2.88. The second-order valence-corrected chi connectivity index (χ2v) is 1.97. The average molecular weight is 157 g/mol. The van der Waals surface area contributed by atoms with E-state index in [0.717, 1.165) is 0 Å². The van der Waals surface area contributed by atoms with Gasteiger partial charge in [0.1, 0.15) is 0 Å². The number of ketones is 1. The molecule has 0 aromatic carbocycles. The molecule has 1 N–H and O–H groups in total. The van der Waals surface area contributed by atoms with Gasteiger partial charge in [-0.1, -0.05) is 0 Å². The van der Waals surface area contributed by atoms with E-state index in [4.69, 9.17) is 10.6 Å². The van der Waals surface area contributed by atoms with Gasteiger partial charge in [-0.2, -0.15) is 0 Å². The number of nitrogens with zero attached hydrogens (tertiary/aromatic N) is 3. The predicted molar refractivity (Wildman–Crippen MR) is 35.5 cm³/mol. The van der Waals surface area contributed by atoms with E-state index in [1.807, 2.05) is 0 Å². The number of amides is 1. The van der Waals surface area contributed by atoms with Crippen LogP contribution in [0.25, 0.3) is 10.4 Å². The normalized spacial score (nSPS) is 11.5. The Bertz CT molecular complexity index is 217. The van der Waals surface area contributed by atoms with Gasteiger partial charge in [0.15, 0.2) is 0 Å². The molecule has 0 fully saturated rings. The van der Waals surface area contributed by atoms with Crippen LogP contribution >= 0.6 is 0 Å². The molecule has 1 atom stereocenters. The van der Waals surface area contributed by atoms with Crippen molar-refractivity contribution in [3.8, 4) is 0 Å². The number of Topliss-reactive ketones (excluding diaryl/α,β-unsaturated/α-hetero) is 1. The Morgan fingerprint density at radius 1 is 1.73 bits per heavy atom. The average Bonchev–Trinajstić information content (AvgIpc) is 1.86. The Morgan fingerprint density at radius 3 is 2.64 bits per heavy atom. The van der Waals surface area contributed by atoms with Gasteiger partial charge in [-0.15, -0.1) is 0 Å². The molecule has 0 rings (SSSR count). The summed E-state index contributed by atoms with van der Waals surface area (Å²) in [6.45, 7) is 1.36. The van der Waals surface area contributed by atoms with Gasteiger partial charge in [0.25, 0.3) is 5.91 Å². The lowest BCUT2D eigenvalue weighted by Crippen LogP contribution is -2.16. The monoisotopic (exact) mass is 157 g/mol. The summed E-state index contributed by atoms with van der Waals surface area (Å²) >= 11 is 0. The van der Waals surface area contributed by atoms with Crippen molar-refractivity contribution in [3.05, 3.63) is 10.4 Å². The summed E-state index contributed by atoms with van der Waals surface area (Å²) in [5.41, 5.74) is 7.74. The highest BCUT2D eigenvalue weighted by Crippen LogP contribution is 1.93. The van der Waals surface area contributed by atoms with Crippen LogP contribution in [0, 0.1) is 0 Å². The third-order valence-electron chi connectivity index (χ3n) is 0.855. The Balaban J connectivity index is 4.04. The highest BCUT2D eigenvalue weighted by molar-refractivity contribution is 6.36. The topological polar surface area (TPSA) is 103 Å². The van der Waals surface area contributed by atoms with E-state index in [1.54, 1.807) is 0 Å². The fourth-order valence-electron chi connectivity index (χ4n) is 0.452. The Kier molecular flexibility index (Phi) is 3.87. The van der Waals surface area contributed by atoms with Crippen molar-refractivity contribution >= 4 is 11.7 Å². The van der Waals surface area contributed by atoms with E-state index in [0.29, 0.717) is 0 Å². The lowest BCUT2D eigenvalue weighted by atomic mass is 10.2. The van der Waals surface area contributed by atoms with Gasteiger partial charge in [-0.05, 0) is 17.6 Å². The van der Waals surface area contributed by atoms with Crippen molar-refractivity contribution in [2.75, 3.05) is 0 Å². The molecular weight excluding hydrogens is 150 g/mol. The fourth-order valence-corrected chi connectivity index (χ4v) is 0.452. The molecule has 0 aromatic heterocycles. The summed E-state index contributed by atoms with van der Waals surface area (Å²) in [6.07, 6.45) is -1.20. The summed E-state index contributed by atoms with van der Waals surface area (Å²) in [7, 11) is 0. The molecule has 6 nitrogen and oxygen atoms in total. The van der Waals surface area contributed by atoms with Gasteiger partial charge >= 0.3 is 0 Å². The molecule has 0 aliphatic carbocycles. The molecule has 0 heterocycles. The molecule has 6 heteroatoms. The van der Waals surface area contributed by atoms with Crippen molar-refractivity contribution in [2.24, 2.45) is 5.11 Å². The zero-order chi connectivity index (χ0) is 8.85. The molecule has 0 aromatic rings. The number of aliphatic hydroxyl groups is 1. The largest absolute Gasteiger partial charge is 0.393 e. The van der Waals surface area contributed by atoms with Crippen molar-refractivity contribution in [1.29, 1.82) is 0 Å². The first kappa shape index (κ1) is 9.61. The lowest BCUT2D eigenvalue weighted by Gasteiger charge is -1.97. The smallest absolute Gasteiger partial charge is 0.284 e. The van der Waals surface area contributed by atoms with Crippen LogP contribution in [-0.2, 0) is 9.59 Å². The van der Waals surface area contributed by atoms with Gasteiger partial charge < -0.3 is 5.11 Å². The van der Waals surface area contributed by atoms with Crippen LogP contribution in [0.3, 0.4) is 0 Å². The molecule has 60 valence electrons. The number of carbonyl (C=O) groups excluding carboxylic acids is 2. The molecule has 0 saturated carbocycles. The van der Waals surface area contributed by atoms with E-state index < -0.39 is 17.8 Å². The van der Waals surface area contributed by atoms with Crippen LogP contribution in [-0.4, -0.2) is 22.9 Å². The second-order valence-electron chi connectivity index (χ2n) is 1.97. The van der Waals surface area contributed by atoms with Crippen LogP contribution in [0.2, 0.25) is 0 Å². The maximum Gasteiger partial charge on any atom is 0.284 e. The van der Waals surface area contributed by atoms with Crippen LogP contribution in [0.1, 0.15) is 13.3 Å². The maximum atomic E-state index is 10.6. The Hall–Kier alpha value is -1.39. The molecule has 1 unspecified atom stereocenters. The number of rotatable bonds is 3. The van der Waals surface area contributed by atoms with Crippen molar-refractivity contribution < 1.29 is 14.7 Å². The van der Waals surface area contributed by atoms with E-state index in [9.17, 15) is 9.59 Å². The minimum atomic E-state index is -1.16. The van der Waals surface area contributed by atoms with Crippen molar-refractivity contribution in [3.63, 3.8) is 0 Å². The Labute approximate surface area is 62.5 Å². The lowest BCUT2D eigenvalue weighted by molar-refractivity contribution is -0.136. The highest BCUT2D eigenvalue weighted by atomic mass is 16.3. The molecule has 0 aliphatic rings. The number of hydrogen-bond acceptors (Lipinski definition) is 3. The minimum absolute atomic E-state index is 0.308.